The molecule has 0 fully saturated rings. The van der Waals surface area contributed by atoms with E-state index in [4.69, 9.17) is 24.3 Å². The number of phosphoric acid groups is 1. The Morgan fingerprint density at radius 3 is 1.28 bits per heavy atom. The van der Waals surface area contributed by atoms with E-state index in [2.05, 4.69) is 111 Å². The quantitative estimate of drug-likeness (QED) is 0.0264. The number of esters is 2. The predicted octanol–water partition coefficient (Wildman–Crippen LogP) is 16.3. The zero-order chi connectivity index (χ0) is 48.8. The van der Waals surface area contributed by atoms with Gasteiger partial charge in [0.05, 0.1) is 13.2 Å². The number of phosphoric ester groups is 1. The van der Waals surface area contributed by atoms with Gasteiger partial charge in [0, 0.05) is 19.4 Å². The summed E-state index contributed by atoms with van der Waals surface area (Å²) in [6.45, 7) is 3.52. The Morgan fingerprint density at radius 1 is 0.463 bits per heavy atom. The highest BCUT2D eigenvalue weighted by atomic mass is 31.2. The van der Waals surface area contributed by atoms with Crippen molar-refractivity contribution >= 4 is 19.8 Å². The molecule has 10 heteroatoms. The molecule has 0 aromatic rings. The molecule has 0 aliphatic rings. The van der Waals surface area contributed by atoms with Crippen LogP contribution in [0.2, 0.25) is 0 Å². The number of carbonyl (C=O) groups is 2. The van der Waals surface area contributed by atoms with Crippen LogP contribution in [0.5, 0.6) is 0 Å². The van der Waals surface area contributed by atoms with Gasteiger partial charge >= 0.3 is 19.8 Å². The van der Waals surface area contributed by atoms with Crippen LogP contribution < -0.4 is 5.73 Å². The second kappa shape index (κ2) is 52.0. The van der Waals surface area contributed by atoms with E-state index in [1.165, 1.54) is 96.3 Å². The number of rotatable bonds is 48. The number of nitrogens with two attached hydrogens (primary N) is 1. The Bertz CT molecular complexity index is 1460. The highest BCUT2D eigenvalue weighted by Gasteiger charge is 2.25. The molecule has 0 heterocycles. The van der Waals surface area contributed by atoms with Gasteiger partial charge in [0.1, 0.15) is 6.61 Å². The van der Waals surface area contributed by atoms with E-state index in [-0.39, 0.29) is 32.6 Å². The van der Waals surface area contributed by atoms with E-state index in [9.17, 15) is 19.0 Å². The molecule has 0 aliphatic heterocycles. The van der Waals surface area contributed by atoms with Gasteiger partial charge in [-0.05, 0) is 89.9 Å². The fourth-order valence-electron chi connectivity index (χ4n) is 6.79. The molecule has 0 amide bonds. The minimum Gasteiger partial charge on any atom is -0.462 e. The van der Waals surface area contributed by atoms with Gasteiger partial charge in [0.25, 0.3) is 0 Å². The summed E-state index contributed by atoms with van der Waals surface area (Å²) in [5.41, 5.74) is 5.36. The fraction of sp³-hybridized carbons (Fsp3) is 0.649. The molecule has 2 atom stereocenters. The van der Waals surface area contributed by atoms with Crippen LogP contribution in [-0.2, 0) is 32.7 Å². The van der Waals surface area contributed by atoms with E-state index in [1.807, 2.05) is 12.2 Å². The standard InChI is InChI=1S/C57H96NO8P/c1-3-5-7-9-11-13-15-17-19-21-23-24-25-26-27-28-29-30-32-33-35-37-39-41-43-45-47-49-56(59)63-53-55(54-65-67(61,62)64-52-51-58)66-57(60)50-48-46-44-42-40-38-36-34-31-22-20-18-16-14-12-10-8-6-4-2/h6,8,12,14-15,17-18,20-21,23,25-26,31,34,38,40,44,46,55H,3-5,7,9-11,13,16,19,22,24,27-30,32-33,35-37,39,41-43,45,47-54,58H2,1-2H3,(H,61,62)/b8-6-,14-12-,17-15-,20-18-,23-21-,26-25-,34-31-,40-38-,46-44-. The third-order valence-corrected chi connectivity index (χ3v) is 11.6. The van der Waals surface area contributed by atoms with Crippen LogP contribution in [0.15, 0.2) is 109 Å². The lowest BCUT2D eigenvalue weighted by Crippen LogP contribution is -2.29. The maximum Gasteiger partial charge on any atom is 0.472 e. The number of ether oxygens (including phenoxy) is 2. The second-order valence-electron chi connectivity index (χ2n) is 17.0. The first kappa shape index (κ1) is 63.7. The van der Waals surface area contributed by atoms with Gasteiger partial charge in [-0.25, -0.2) is 4.57 Å². The van der Waals surface area contributed by atoms with Crippen molar-refractivity contribution in [2.75, 3.05) is 26.4 Å². The van der Waals surface area contributed by atoms with Gasteiger partial charge in [0.2, 0.25) is 0 Å². The van der Waals surface area contributed by atoms with Gasteiger partial charge in [0.15, 0.2) is 6.10 Å². The SMILES string of the molecule is CC/C=C\C/C=C\C/C=C\C/C=C\C/C=C\C/C=C\CCC(=O)OC(COC(=O)CCCCCCCCCCCCCC/C=C\C/C=C\C/C=C\CCCCCCC)COP(=O)(O)OCCN. The van der Waals surface area contributed by atoms with Crippen LogP contribution >= 0.6 is 7.82 Å². The van der Waals surface area contributed by atoms with E-state index in [0.717, 1.165) is 70.6 Å². The van der Waals surface area contributed by atoms with E-state index in [0.29, 0.717) is 12.8 Å². The van der Waals surface area contributed by atoms with Crippen molar-refractivity contribution in [3.05, 3.63) is 109 Å². The lowest BCUT2D eigenvalue weighted by atomic mass is 10.0. The van der Waals surface area contributed by atoms with Crippen LogP contribution in [0.1, 0.15) is 206 Å². The Morgan fingerprint density at radius 2 is 0.851 bits per heavy atom. The summed E-state index contributed by atoms with van der Waals surface area (Å²) in [5, 5.41) is 0. The topological polar surface area (TPSA) is 134 Å². The largest absolute Gasteiger partial charge is 0.472 e. The first-order valence-corrected chi connectivity index (χ1v) is 27.9. The Balaban J connectivity index is 4.12. The Kier molecular flexibility index (Phi) is 49.5. The van der Waals surface area contributed by atoms with Gasteiger partial charge in [-0.15, -0.1) is 0 Å². The average molecular weight is 954 g/mol. The van der Waals surface area contributed by atoms with Crippen molar-refractivity contribution in [2.45, 2.75) is 213 Å². The monoisotopic (exact) mass is 954 g/mol. The Labute approximate surface area is 409 Å². The van der Waals surface area contributed by atoms with Crippen molar-refractivity contribution in [2.24, 2.45) is 5.73 Å². The Hall–Kier alpha value is -3.33. The predicted molar refractivity (Wildman–Crippen MR) is 284 cm³/mol. The summed E-state index contributed by atoms with van der Waals surface area (Å²) in [6, 6.07) is 0. The normalized spacial score (nSPS) is 14.0. The molecule has 0 radical (unpaired) electrons. The maximum absolute atomic E-state index is 12.6. The molecule has 3 N–H and O–H groups in total. The molecule has 0 aromatic carbocycles. The third-order valence-electron chi connectivity index (χ3n) is 10.7. The minimum absolute atomic E-state index is 0.0361. The molecule has 382 valence electrons. The molecular weight excluding hydrogens is 858 g/mol. The molecule has 9 nitrogen and oxygen atoms in total. The van der Waals surface area contributed by atoms with E-state index < -0.39 is 32.5 Å². The number of unbranched alkanes of at least 4 members (excludes halogenated alkanes) is 17. The van der Waals surface area contributed by atoms with Crippen molar-refractivity contribution in [3.8, 4) is 0 Å². The minimum atomic E-state index is -4.41. The third kappa shape index (κ3) is 51.9. The van der Waals surface area contributed by atoms with Gasteiger partial charge in [-0.1, -0.05) is 213 Å². The molecule has 0 aromatic heterocycles. The van der Waals surface area contributed by atoms with Crippen LogP contribution in [0, 0.1) is 0 Å². The summed E-state index contributed by atoms with van der Waals surface area (Å²) >= 11 is 0. The molecule has 0 rings (SSSR count). The summed E-state index contributed by atoms with van der Waals surface area (Å²) < 4.78 is 32.8. The summed E-state index contributed by atoms with van der Waals surface area (Å²) in [7, 11) is -4.41. The van der Waals surface area contributed by atoms with E-state index in [1.54, 1.807) is 0 Å². The highest BCUT2D eigenvalue weighted by molar-refractivity contribution is 7.47. The number of hydrogen-bond acceptors (Lipinski definition) is 8. The van der Waals surface area contributed by atoms with Gasteiger partial charge in [-0.2, -0.15) is 0 Å². The van der Waals surface area contributed by atoms with Crippen molar-refractivity contribution in [3.63, 3.8) is 0 Å². The molecule has 0 saturated carbocycles. The van der Waals surface area contributed by atoms with Crippen molar-refractivity contribution in [1.82, 2.24) is 0 Å². The van der Waals surface area contributed by atoms with Crippen LogP contribution in [0.4, 0.5) is 0 Å². The van der Waals surface area contributed by atoms with Crippen molar-refractivity contribution < 1.29 is 37.6 Å². The lowest BCUT2D eigenvalue weighted by Gasteiger charge is -2.19. The molecule has 0 aliphatic carbocycles. The highest BCUT2D eigenvalue weighted by Crippen LogP contribution is 2.43. The zero-order valence-electron chi connectivity index (χ0n) is 42.3. The maximum atomic E-state index is 12.6. The molecular formula is C57H96NO8P. The fourth-order valence-corrected chi connectivity index (χ4v) is 7.55. The molecule has 2 unspecified atom stereocenters. The first-order valence-electron chi connectivity index (χ1n) is 26.4. The van der Waals surface area contributed by atoms with Gasteiger partial charge < -0.3 is 20.1 Å². The first-order chi connectivity index (χ1) is 32.8. The number of allylic oxidation sites excluding steroid dienone is 18. The smallest absolute Gasteiger partial charge is 0.462 e. The van der Waals surface area contributed by atoms with Gasteiger partial charge in [-0.3, -0.25) is 18.6 Å². The average Bonchev–Trinajstić information content (AvgIpc) is 3.32. The molecule has 0 spiro atoms. The lowest BCUT2D eigenvalue weighted by molar-refractivity contribution is -0.161. The van der Waals surface area contributed by atoms with Crippen LogP contribution in [-0.4, -0.2) is 49.3 Å². The zero-order valence-corrected chi connectivity index (χ0v) is 43.2. The summed E-state index contributed by atoms with van der Waals surface area (Å²) in [4.78, 5) is 35.0. The number of carbonyl (C=O) groups excluding carboxylic acids is 2. The van der Waals surface area contributed by atoms with Crippen LogP contribution in [0.3, 0.4) is 0 Å². The summed E-state index contributed by atoms with van der Waals surface area (Å²) in [5.74, 6) is -0.934. The molecule has 67 heavy (non-hydrogen) atoms. The second-order valence-corrected chi connectivity index (χ2v) is 18.5. The molecule has 0 saturated heterocycles. The molecule has 0 bridgehead atoms. The van der Waals surface area contributed by atoms with Crippen molar-refractivity contribution in [1.29, 1.82) is 0 Å². The van der Waals surface area contributed by atoms with E-state index >= 15 is 0 Å². The summed E-state index contributed by atoms with van der Waals surface area (Å²) in [6.07, 6.45) is 70.1. The number of hydrogen-bond donors (Lipinski definition) is 2. The van der Waals surface area contributed by atoms with Crippen LogP contribution in [0.25, 0.3) is 0 Å².